The van der Waals surface area contributed by atoms with Gasteiger partial charge in [0.25, 0.3) is 0 Å². The first-order valence-corrected chi connectivity index (χ1v) is 10.0. The van der Waals surface area contributed by atoms with Gasteiger partial charge in [-0.3, -0.25) is 5.43 Å². The quantitative estimate of drug-likeness (QED) is 0.712. The lowest BCUT2D eigenvalue weighted by Crippen LogP contribution is -2.41. The van der Waals surface area contributed by atoms with E-state index in [0.717, 1.165) is 50.5 Å². The van der Waals surface area contributed by atoms with Crippen LogP contribution in [-0.4, -0.2) is 68.2 Å². The third kappa shape index (κ3) is 4.41. The minimum Gasteiger partial charge on any atom is -0.382 e. The van der Waals surface area contributed by atoms with Crippen LogP contribution in [0.15, 0.2) is 12.4 Å². The lowest BCUT2D eigenvalue weighted by molar-refractivity contribution is -0.0151. The van der Waals surface area contributed by atoms with Crippen LogP contribution in [0.5, 0.6) is 0 Å². The molecule has 4 unspecified atom stereocenters. The van der Waals surface area contributed by atoms with Gasteiger partial charge in [0.1, 0.15) is 12.1 Å². The Balaban J connectivity index is 1.44. The van der Waals surface area contributed by atoms with Gasteiger partial charge in [-0.15, -0.1) is 0 Å². The molecule has 0 bridgehead atoms. The van der Waals surface area contributed by atoms with Crippen LogP contribution in [0.1, 0.15) is 37.9 Å². The Hall–Kier alpha value is -1.32. The van der Waals surface area contributed by atoms with E-state index in [4.69, 9.17) is 14.2 Å². The SMILES string of the molecule is COCCOC1CCC2NNC(c3cc(N4CCO[C@@H](C)C4)ncn3)C2C1. The van der Waals surface area contributed by atoms with Crippen LogP contribution in [0.25, 0.3) is 0 Å². The molecular weight excluding hydrogens is 346 g/mol. The lowest BCUT2D eigenvalue weighted by Gasteiger charge is -2.34. The molecule has 0 radical (unpaired) electrons. The minimum atomic E-state index is 0.184. The molecule has 0 amide bonds. The van der Waals surface area contributed by atoms with Crippen molar-refractivity contribution in [3.63, 3.8) is 0 Å². The Bertz CT molecular complexity index is 619. The Morgan fingerprint density at radius 1 is 1.26 bits per heavy atom. The van der Waals surface area contributed by atoms with Gasteiger partial charge in [-0.25, -0.2) is 15.4 Å². The van der Waals surface area contributed by atoms with Gasteiger partial charge in [-0.05, 0) is 26.2 Å². The molecule has 0 aromatic carbocycles. The average molecular weight is 377 g/mol. The zero-order valence-corrected chi connectivity index (χ0v) is 16.3. The molecule has 5 atom stereocenters. The van der Waals surface area contributed by atoms with Crippen LogP contribution < -0.4 is 15.8 Å². The molecule has 2 aliphatic heterocycles. The molecule has 3 aliphatic rings. The smallest absolute Gasteiger partial charge is 0.132 e. The van der Waals surface area contributed by atoms with E-state index in [1.807, 2.05) is 0 Å². The van der Waals surface area contributed by atoms with Crippen molar-refractivity contribution in [2.24, 2.45) is 5.92 Å². The fourth-order valence-electron chi connectivity index (χ4n) is 4.49. The van der Waals surface area contributed by atoms with Gasteiger partial charge in [-0.2, -0.15) is 0 Å². The standard InChI is InChI=1S/C19H31N5O3/c1-13-11-24(5-6-26-13)18-10-17(20-12-21-18)19-15-9-14(27-8-7-25-2)3-4-16(15)22-23-19/h10,12-16,19,22-23H,3-9,11H2,1-2H3/t13-,14?,15?,16?,19?/m0/s1. The number of hydrazine groups is 1. The number of aromatic nitrogens is 2. The number of morpholine rings is 1. The molecule has 8 nitrogen and oxygen atoms in total. The Labute approximate surface area is 160 Å². The van der Waals surface area contributed by atoms with E-state index in [9.17, 15) is 0 Å². The second-order valence-electron chi connectivity index (χ2n) is 7.76. The molecule has 27 heavy (non-hydrogen) atoms. The first-order chi connectivity index (χ1) is 13.2. The zero-order valence-electron chi connectivity index (χ0n) is 16.3. The van der Waals surface area contributed by atoms with E-state index in [1.165, 1.54) is 0 Å². The number of ether oxygens (including phenoxy) is 3. The van der Waals surface area contributed by atoms with Crippen LogP contribution in [0.4, 0.5) is 5.82 Å². The van der Waals surface area contributed by atoms with Crippen LogP contribution in [0.2, 0.25) is 0 Å². The summed E-state index contributed by atoms with van der Waals surface area (Å²) in [6.07, 6.45) is 5.46. The maximum absolute atomic E-state index is 6.01. The molecule has 4 rings (SSSR count). The largest absolute Gasteiger partial charge is 0.382 e. The van der Waals surface area contributed by atoms with E-state index in [2.05, 4.69) is 38.7 Å². The van der Waals surface area contributed by atoms with E-state index in [-0.39, 0.29) is 12.1 Å². The number of hydrogen-bond donors (Lipinski definition) is 2. The molecule has 1 saturated carbocycles. The predicted octanol–water partition coefficient (Wildman–Crippen LogP) is 1.05. The molecule has 8 heteroatoms. The van der Waals surface area contributed by atoms with Crippen molar-refractivity contribution < 1.29 is 14.2 Å². The monoisotopic (exact) mass is 377 g/mol. The van der Waals surface area contributed by atoms with Crippen molar-refractivity contribution >= 4 is 5.82 Å². The summed E-state index contributed by atoms with van der Waals surface area (Å²) in [5.74, 6) is 1.46. The number of fused-ring (bicyclic) bond motifs is 1. The molecule has 2 saturated heterocycles. The first-order valence-electron chi connectivity index (χ1n) is 10.0. The maximum atomic E-state index is 6.01. The van der Waals surface area contributed by atoms with Crippen molar-refractivity contribution in [2.75, 3.05) is 44.9 Å². The number of nitrogens with zero attached hydrogens (tertiary/aromatic N) is 3. The average Bonchev–Trinajstić information content (AvgIpc) is 3.12. The second-order valence-corrected chi connectivity index (χ2v) is 7.76. The van der Waals surface area contributed by atoms with Crippen molar-refractivity contribution in [3.05, 3.63) is 18.1 Å². The van der Waals surface area contributed by atoms with Crippen LogP contribution in [0.3, 0.4) is 0 Å². The Morgan fingerprint density at radius 3 is 3.04 bits per heavy atom. The van der Waals surface area contributed by atoms with Crippen molar-refractivity contribution in [1.82, 2.24) is 20.8 Å². The van der Waals surface area contributed by atoms with Gasteiger partial charge >= 0.3 is 0 Å². The van der Waals surface area contributed by atoms with E-state index < -0.39 is 0 Å². The first kappa shape index (κ1) is 19.0. The third-order valence-corrected chi connectivity index (χ3v) is 5.90. The molecule has 0 spiro atoms. The maximum Gasteiger partial charge on any atom is 0.132 e. The minimum absolute atomic E-state index is 0.184. The third-order valence-electron chi connectivity index (χ3n) is 5.90. The van der Waals surface area contributed by atoms with Crippen molar-refractivity contribution in [2.45, 2.75) is 50.5 Å². The summed E-state index contributed by atoms with van der Waals surface area (Å²) < 4.78 is 16.8. The highest BCUT2D eigenvalue weighted by Gasteiger charge is 2.42. The fraction of sp³-hybridized carbons (Fsp3) is 0.789. The fourth-order valence-corrected chi connectivity index (χ4v) is 4.49. The van der Waals surface area contributed by atoms with Gasteiger partial charge in [0.05, 0.1) is 43.8 Å². The van der Waals surface area contributed by atoms with Crippen LogP contribution in [0, 0.1) is 5.92 Å². The summed E-state index contributed by atoms with van der Waals surface area (Å²) in [4.78, 5) is 11.4. The molecule has 1 aromatic rings. The van der Waals surface area contributed by atoms with Gasteiger partial charge in [0.2, 0.25) is 0 Å². The highest BCUT2D eigenvalue weighted by molar-refractivity contribution is 5.40. The lowest BCUT2D eigenvalue weighted by atomic mass is 9.79. The zero-order chi connectivity index (χ0) is 18.6. The molecule has 150 valence electrons. The van der Waals surface area contributed by atoms with Gasteiger partial charge in [0.15, 0.2) is 0 Å². The van der Waals surface area contributed by atoms with E-state index >= 15 is 0 Å². The van der Waals surface area contributed by atoms with Gasteiger partial charge in [-0.1, -0.05) is 0 Å². The normalized spacial score (nSPS) is 33.9. The summed E-state index contributed by atoms with van der Waals surface area (Å²) >= 11 is 0. The summed E-state index contributed by atoms with van der Waals surface area (Å²) in [7, 11) is 1.71. The highest BCUT2D eigenvalue weighted by Crippen LogP contribution is 2.38. The summed E-state index contributed by atoms with van der Waals surface area (Å²) in [6.45, 7) is 5.91. The number of methoxy groups -OCH3 is 1. The second kappa shape index (κ2) is 8.79. The Kier molecular flexibility index (Phi) is 6.19. The summed E-state index contributed by atoms with van der Waals surface area (Å²) in [6, 6.07) is 2.79. The Morgan fingerprint density at radius 2 is 2.19 bits per heavy atom. The molecule has 1 aromatic heterocycles. The van der Waals surface area contributed by atoms with Crippen molar-refractivity contribution in [1.29, 1.82) is 0 Å². The number of anilines is 1. The summed E-state index contributed by atoms with van der Waals surface area (Å²) in [5, 5.41) is 0. The van der Waals surface area contributed by atoms with Crippen LogP contribution in [-0.2, 0) is 14.2 Å². The molecule has 2 N–H and O–H groups in total. The number of rotatable bonds is 6. The van der Waals surface area contributed by atoms with E-state index in [0.29, 0.717) is 31.3 Å². The van der Waals surface area contributed by atoms with Crippen molar-refractivity contribution in [3.8, 4) is 0 Å². The number of nitrogens with one attached hydrogen (secondary N) is 2. The topological polar surface area (TPSA) is 80.8 Å². The highest BCUT2D eigenvalue weighted by atomic mass is 16.5. The predicted molar refractivity (Wildman–Crippen MR) is 101 cm³/mol. The van der Waals surface area contributed by atoms with E-state index in [1.54, 1.807) is 13.4 Å². The van der Waals surface area contributed by atoms with Crippen LogP contribution >= 0.6 is 0 Å². The molecule has 3 heterocycles. The molecule has 3 fully saturated rings. The number of hydrogen-bond acceptors (Lipinski definition) is 8. The summed E-state index contributed by atoms with van der Waals surface area (Å²) in [5.41, 5.74) is 8.01. The van der Waals surface area contributed by atoms with Gasteiger partial charge in [0, 0.05) is 38.2 Å². The van der Waals surface area contributed by atoms with Gasteiger partial charge < -0.3 is 19.1 Å². The molecule has 1 aliphatic carbocycles. The molecular formula is C19H31N5O3.